The van der Waals surface area contributed by atoms with Crippen molar-refractivity contribution in [1.82, 2.24) is 15.4 Å². The van der Waals surface area contributed by atoms with Crippen molar-refractivity contribution in [2.24, 2.45) is 5.92 Å². The summed E-state index contributed by atoms with van der Waals surface area (Å²) in [6.45, 7) is 11.0. The minimum Gasteiger partial charge on any atom is -0.361 e. The zero-order chi connectivity index (χ0) is 19.4. The van der Waals surface area contributed by atoms with Gasteiger partial charge in [-0.1, -0.05) is 43.3 Å². The maximum atomic E-state index is 12.6. The molecule has 0 radical (unpaired) electrons. The van der Waals surface area contributed by atoms with Gasteiger partial charge in [0.05, 0.1) is 5.69 Å². The Morgan fingerprint density at radius 2 is 1.96 bits per heavy atom. The number of nitrogens with zero attached hydrogens (tertiary/aromatic N) is 2. The molecular formula is C22H31N3O2. The molecule has 1 aliphatic rings. The lowest BCUT2D eigenvalue weighted by Crippen LogP contribution is -2.47. The fraction of sp³-hybridized carbons (Fsp3) is 0.545. The van der Waals surface area contributed by atoms with Crippen LogP contribution in [-0.2, 0) is 13.0 Å². The molecule has 27 heavy (non-hydrogen) atoms. The summed E-state index contributed by atoms with van der Waals surface area (Å²) in [5.41, 5.74) is 3.96. The van der Waals surface area contributed by atoms with Gasteiger partial charge < -0.3 is 9.84 Å². The first-order valence-electron chi connectivity index (χ1n) is 9.96. The van der Waals surface area contributed by atoms with Gasteiger partial charge in [-0.3, -0.25) is 9.69 Å². The Kier molecular flexibility index (Phi) is 6.32. The van der Waals surface area contributed by atoms with E-state index in [1.807, 2.05) is 6.92 Å². The molecule has 1 aromatic heterocycles. The molecule has 1 aromatic carbocycles. The van der Waals surface area contributed by atoms with Crippen LogP contribution in [0, 0.1) is 19.8 Å². The fourth-order valence-corrected chi connectivity index (χ4v) is 3.89. The number of likely N-dealkylation sites (tertiary alicyclic amines) is 1. The maximum absolute atomic E-state index is 12.6. The molecule has 1 amide bonds. The van der Waals surface area contributed by atoms with Crippen molar-refractivity contribution in [2.75, 3.05) is 13.1 Å². The van der Waals surface area contributed by atoms with E-state index in [0.717, 1.165) is 38.9 Å². The van der Waals surface area contributed by atoms with Gasteiger partial charge in [-0.15, -0.1) is 0 Å². The van der Waals surface area contributed by atoms with Crippen LogP contribution in [-0.4, -0.2) is 35.1 Å². The van der Waals surface area contributed by atoms with Crippen LogP contribution in [0.15, 0.2) is 28.8 Å². The Morgan fingerprint density at radius 1 is 1.26 bits per heavy atom. The second kappa shape index (κ2) is 8.70. The minimum absolute atomic E-state index is 0.0730. The molecular weight excluding hydrogens is 338 g/mol. The smallest absolute Gasteiger partial charge is 0.257 e. The number of aromatic nitrogens is 1. The third-order valence-corrected chi connectivity index (χ3v) is 5.17. The number of carbonyl (C=O) groups is 1. The number of hydrogen-bond acceptors (Lipinski definition) is 4. The van der Waals surface area contributed by atoms with Crippen molar-refractivity contribution < 1.29 is 9.32 Å². The molecule has 2 aromatic rings. The molecule has 1 aliphatic heterocycles. The molecule has 5 heteroatoms. The lowest BCUT2D eigenvalue weighted by Gasteiger charge is -2.33. The fourth-order valence-electron chi connectivity index (χ4n) is 3.89. The largest absolute Gasteiger partial charge is 0.361 e. The summed E-state index contributed by atoms with van der Waals surface area (Å²) in [6, 6.07) is 9.14. The minimum atomic E-state index is -0.0730. The van der Waals surface area contributed by atoms with Crippen LogP contribution >= 0.6 is 0 Å². The molecule has 1 fully saturated rings. The van der Waals surface area contributed by atoms with Crippen molar-refractivity contribution >= 4 is 5.91 Å². The Balaban J connectivity index is 1.55. The summed E-state index contributed by atoms with van der Waals surface area (Å²) in [4.78, 5) is 15.0. The molecule has 1 unspecified atom stereocenters. The summed E-state index contributed by atoms with van der Waals surface area (Å²) in [6.07, 6.45) is 3.23. The average molecular weight is 370 g/mol. The van der Waals surface area contributed by atoms with Crippen molar-refractivity contribution in [3.63, 3.8) is 0 Å². The normalized spacial score (nSPS) is 18.0. The standard InChI is InChI=1S/C22H31N3O2/c1-15(2)12-18-7-9-19(10-8-18)13-25-11-5-6-20(14-25)23-22(26)21-16(3)24-27-17(21)4/h7-10,15,20H,5-6,11-14H2,1-4H3,(H,23,26). The van der Waals surface area contributed by atoms with Crippen LogP contribution in [0.4, 0.5) is 0 Å². The Labute approximate surface area is 162 Å². The van der Waals surface area contributed by atoms with Crippen LogP contribution in [0.25, 0.3) is 0 Å². The Morgan fingerprint density at radius 3 is 2.59 bits per heavy atom. The van der Waals surface area contributed by atoms with Crippen molar-refractivity contribution in [3.05, 3.63) is 52.4 Å². The molecule has 1 N–H and O–H groups in total. The molecule has 0 aliphatic carbocycles. The third-order valence-electron chi connectivity index (χ3n) is 5.17. The maximum Gasteiger partial charge on any atom is 0.257 e. The molecule has 5 nitrogen and oxygen atoms in total. The molecule has 0 saturated carbocycles. The number of aryl methyl sites for hydroxylation is 2. The van der Waals surface area contributed by atoms with E-state index in [9.17, 15) is 4.79 Å². The number of rotatable bonds is 6. The van der Waals surface area contributed by atoms with Crippen molar-refractivity contribution in [2.45, 2.75) is 59.5 Å². The van der Waals surface area contributed by atoms with E-state index in [0.29, 0.717) is 22.9 Å². The van der Waals surface area contributed by atoms with E-state index in [-0.39, 0.29) is 11.9 Å². The highest BCUT2D eigenvalue weighted by Gasteiger charge is 2.24. The summed E-state index contributed by atoms with van der Waals surface area (Å²) in [5.74, 6) is 1.19. The molecule has 3 rings (SSSR count). The van der Waals surface area contributed by atoms with E-state index in [1.54, 1.807) is 6.92 Å². The van der Waals surface area contributed by atoms with E-state index in [4.69, 9.17) is 4.52 Å². The molecule has 0 spiro atoms. The number of amides is 1. The summed E-state index contributed by atoms with van der Waals surface area (Å²) in [5, 5.41) is 7.05. The monoisotopic (exact) mass is 369 g/mol. The highest BCUT2D eigenvalue weighted by molar-refractivity contribution is 5.96. The highest BCUT2D eigenvalue weighted by atomic mass is 16.5. The number of nitrogens with one attached hydrogen (secondary N) is 1. The number of carbonyl (C=O) groups excluding carboxylic acids is 1. The topological polar surface area (TPSA) is 58.4 Å². The van der Waals surface area contributed by atoms with Crippen LogP contribution < -0.4 is 5.32 Å². The third kappa shape index (κ3) is 5.19. The Bertz CT molecular complexity index is 745. The molecule has 1 atom stereocenters. The van der Waals surface area contributed by atoms with Gasteiger partial charge in [0.15, 0.2) is 0 Å². The lowest BCUT2D eigenvalue weighted by atomic mass is 10.0. The van der Waals surface area contributed by atoms with Gasteiger partial charge in [0, 0.05) is 19.1 Å². The van der Waals surface area contributed by atoms with Gasteiger partial charge in [-0.25, -0.2) is 0 Å². The summed E-state index contributed by atoms with van der Waals surface area (Å²) >= 11 is 0. The highest BCUT2D eigenvalue weighted by Crippen LogP contribution is 2.17. The number of hydrogen-bond donors (Lipinski definition) is 1. The summed E-state index contributed by atoms with van der Waals surface area (Å²) in [7, 11) is 0. The molecule has 1 saturated heterocycles. The second-order valence-corrected chi connectivity index (χ2v) is 8.16. The van der Waals surface area contributed by atoms with E-state index >= 15 is 0 Å². The van der Waals surface area contributed by atoms with Gasteiger partial charge in [0.25, 0.3) is 5.91 Å². The quantitative estimate of drug-likeness (QED) is 0.839. The summed E-state index contributed by atoms with van der Waals surface area (Å²) < 4.78 is 5.12. The van der Waals surface area contributed by atoms with Gasteiger partial charge in [-0.05, 0) is 56.7 Å². The van der Waals surface area contributed by atoms with Crippen LogP contribution in [0.3, 0.4) is 0 Å². The van der Waals surface area contributed by atoms with E-state index in [2.05, 4.69) is 53.5 Å². The Hall–Kier alpha value is -2.14. The van der Waals surface area contributed by atoms with Gasteiger partial charge in [0.1, 0.15) is 11.3 Å². The zero-order valence-electron chi connectivity index (χ0n) is 16.9. The molecule has 0 bridgehead atoms. The first-order chi connectivity index (χ1) is 12.9. The second-order valence-electron chi connectivity index (χ2n) is 8.16. The van der Waals surface area contributed by atoms with Gasteiger partial charge in [-0.2, -0.15) is 0 Å². The number of piperidine rings is 1. The SMILES string of the molecule is Cc1noc(C)c1C(=O)NC1CCCN(Cc2ccc(CC(C)C)cc2)C1. The van der Waals surface area contributed by atoms with Crippen LogP contribution in [0.5, 0.6) is 0 Å². The predicted molar refractivity (Wildman–Crippen MR) is 107 cm³/mol. The van der Waals surface area contributed by atoms with Crippen LogP contribution in [0.2, 0.25) is 0 Å². The molecule has 2 heterocycles. The first kappa shape index (κ1) is 19.6. The van der Waals surface area contributed by atoms with Crippen molar-refractivity contribution in [1.29, 1.82) is 0 Å². The average Bonchev–Trinajstić information content (AvgIpc) is 2.95. The van der Waals surface area contributed by atoms with E-state index < -0.39 is 0 Å². The first-order valence-corrected chi connectivity index (χ1v) is 9.96. The number of benzene rings is 1. The van der Waals surface area contributed by atoms with Crippen molar-refractivity contribution in [3.8, 4) is 0 Å². The molecule has 146 valence electrons. The van der Waals surface area contributed by atoms with Gasteiger partial charge in [0.2, 0.25) is 0 Å². The lowest BCUT2D eigenvalue weighted by molar-refractivity contribution is 0.0898. The van der Waals surface area contributed by atoms with E-state index in [1.165, 1.54) is 11.1 Å². The van der Waals surface area contributed by atoms with Crippen LogP contribution in [0.1, 0.15) is 59.6 Å². The van der Waals surface area contributed by atoms with Gasteiger partial charge >= 0.3 is 0 Å². The zero-order valence-corrected chi connectivity index (χ0v) is 16.9. The predicted octanol–water partition coefficient (Wildman–Crippen LogP) is 3.88.